The molecule has 2 aliphatic rings. The van der Waals surface area contributed by atoms with E-state index in [2.05, 4.69) is 5.32 Å². The maximum Gasteiger partial charge on any atom is 0.321 e. The molecule has 1 atom stereocenters. The number of hydrogen-bond acceptors (Lipinski definition) is 4. The zero-order valence-electron chi connectivity index (χ0n) is 14.4. The van der Waals surface area contributed by atoms with Crippen LogP contribution < -0.4 is 10.2 Å². The first kappa shape index (κ1) is 18.8. The van der Waals surface area contributed by atoms with Crippen molar-refractivity contribution in [3.8, 4) is 0 Å². The van der Waals surface area contributed by atoms with E-state index in [1.165, 1.54) is 4.90 Å². The normalized spacial score (nSPS) is 22.5. The second-order valence-electron chi connectivity index (χ2n) is 6.84. The molecule has 0 spiro atoms. The van der Waals surface area contributed by atoms with E-state index in [0.29, 0.717) is 30.9 Å². The molecular weight excluding hydrogens is 364 g/mol. The zero-order valence-corrected chi connectivity index (χ0v) is 15.2. The first-order chi connectivity index (χ1) is 12.3. The molecule has 26 heavy (non-hydrogen) atoms. The third-order valence-corrected chi connectivity index (χ3v) is 5.85. The zero-order chi connectivity index (χ0) is 18.9. The van der Waals surface area contributed by atoms with Gasteiger partial charge in [0.25, 0.3) is 6.43 Å². The lowest BCUT2D eigenvalue weighted by atomic mass is 9.90. The van der Waals surface area contributed by atoms with Crippen LogP contribution in [0.5, 0.6) is 0 Å². The van der Waals surface area contributed by atoms with Crippen molar-refractivity contribution in [1.29, 1.82) is 0 Å². The lowest BCUT2D eigenvalue weighted by Crippen LogP contribution is -2.37. The summed E-state index contributed by atoms with van der Waals surface area (Å²) in [7, 11) is 0. The summed E-state index contributed by atoms with van der Waals surface area (Å²) in [6, 6.07) is 4.88. The molecule has 9 heteroatoms. The molecule has 2 aliphatic heterocycles. The highest BCUT2D eigenvalue weighted by atomic mass is 32.2. The van der Waals surface area contributed by atoms with E-state index >= 15 is 0 Å². The maximum atomic E-state index is 12.8. The summed E-state index contributed by atoms with van der Waals surface area (Å²) in [6.07, 6.45) is -2.03. The SMILES string of the molecule is CC1(C(=O)O)CCN(C(=O)Nc2ccc3c(c2)N(CC(F)F)CCS3)C1. The van der Waals surface area contributed by atoms with Crippen LogP contribution in [0.25, 0.3) is 0 Å². The molecule has 2 N–H and O–H groups in total. The molecule has 2 heterocycles. The van der Waals surface area contributed by atoms with Gasteiger partial charge in [-0.05, 0) is 31.5 Å². The number of hydrogen-bond donors (Lipinski definition) is 2. The Morgan fingerprint density at radius 1 is 1.38 bits per heavy atom. The highest BCUT2D eigenvalue weighted by molar-refractivity contribution is 7.99. The van der Waals surface area contributed by atoms with Crippen molar-refractivity contribution in [2.75, 3.05) is 42.1 Å². The van der Waals surface area contributed by atoms with Gasteiger partial charge in [-0.15, -0.1) is 11.8 Å². The number of rotatable bonds is 4. The van der Waals surface area contributed by atoms with Gasteiger partial charge in [-0.25, -0.2) is 13.6 Å². The van der Waals surface area contributed by atoms with Crippen molar-refractivity contribution in [1.82, 2.24) is 4.90 Å². The Kier molecular flexibility index (Phi) is 5.27. The van der Waals surface area contributed by atoms with Crippen LogP contribution in [0.15, 0.2) is 23.1 Å². The fraction of sp³-hybridized carbons (Fsp3) is 0.529. The molecule has 2 amide bonds. The van der Waals surface area contributed by atoms with Crippen molar-refractivity contribution in [3.05, 3.63) is 18.2 Å². The molecule has 3 rings (SSSR count). The number of likely N-dealkylation sites (tertiary alicyclic amines) is 1. The predicted octanol–water partition coefficient (Wildman–Crippen LogP) is 3.19. The van der Waals surface area contributed by atoms with Crippen LogP contribution in [-0.4, -0.2) is 60.4 Å². The molecule has 0 aliphatic carbocycles. The standard InChI is InChI=1S/C17H21F2N3O3S/c1-17(15(23)24)4-5-22(10-17)16(25)20-11-2-3-13-12(8-11)21(6-7-26-13)9-14(18)19/h2-3,8,14H,4-7,9-10H2,1H3,(H,20,25)(H,23,24). The molecule has 0 saturated carbocycles. The van der Waals surface area contributed by atoms with Crippen LogP contribution in [0.4, 0.5) is 25.0 Å². The Bertz CT molecular complexity index is 718. The van der Waals surface area contributed by atoms with Gasteiger partial charge in [0.15, 0.2) is 0 Å². The second kappa shape index (κ2) is 7.30. The highest BCUT2D eigenvalue weighted by Crippen LogP contribution is 2.37. The van der Waals surface area contributed by atoms with Gasteiger partial charge in [-0.3, -0.25) is 4.79 Å². The predicted molar refractivity (Wildman–Crippen MR) is 96.3 cm³/mol. The van der Waals surface area contributed by atoms with Gasteiger partial charge in [0, 0.05) is 36.0 Å². The summed E-state index contributed by atoms with van der Waals surface area (Å²) in [5, 5.41) is 12.0. The number of carbonyl (C=O) groups excluding carboxylic acids is 1. The van der Waals surface area contributed by atoms with Crippen LogP contribution in [0.1, 0.15) is 13.3 Å². The average molecular weight is 385 g/mol. The molecule has 142 valence electrons. The van der Waals surface area contributed by atoms with E-state index in [9.17, 15) is 23.5 Å². The minimum atomic E-state index is -2.43. The minimum Gasteiger partial charge on any atom is -0.481 e. The van der Waals surface area contributed by atoms with Gasteiger partial charge in [-0.1, -0.05) is 0 Å². The Morgan fingerprint density at radius 3 is 2.81 bits per heavy atom. The van der Waals surface area contributed by atoms with Gasteiger partial charge in [0.05, 0.1) is 17.6 Å². The lowest BCUT2D eigenvalue weighted by Gasteiger charge is -2.31. The third-order valence-electron chi connectivity index (χ3n) is 4.80. The van der Waals surface area contributed by atoms with E-state index in [1.54, 1.807) is 35.7 Å². The van der Waals surface area contributed by atoms with Crippen LogP contribution in [0.3, 0.4) is 0 Å². The summed E-state index contributed by atoms with van der Waals surface area (Å²) in [5.41, 5.74) is 0.272. The summed E-state index contributed by atoms with van der Waals surface area (Å²) in [5.74, 6) is -0.172. The van der Waals surface area contributed by atoms with Crippen molar-refractivity contribution in [2.24, 2.45) is 5.41 Å². The fourth-order valence-corrected chi connectivity index (χ4v) is 4.25. The maximum absolute atomic E-state index is 12.8. The number of carboxylic acid groups (broad SMARTS) is 1. The van der Waals surface area contributed by atoms with Gasteiger partial charge in [-0.2, -0.15) is 0 Å². The molecular formula is C17H21F2N3O3S. The molecule has 1 fully saturated rings. The molecule has 1 aromatic rings. The van der Waals surface area contributed by atoms with E-state index < -0.39 is 17.8 Å². The minimum absolute atomic E-state index is 0.145. The number of nitrogens with one attached hydrogen (secondary N) is 1. The Labute approximate surface area is 154 Å². The Balaban J connectivity index is 1.71. The number of fused-ring (bicyclic) bond motifs is 1. The first-order valence-electron chi connectivity index (χ1n) is 8.38. The fourth-order valence-electron chi connectivity index (χ4n) is 3.22. The first-order valence-corrected chi connectivity index (χ1v) is 9.36. The number of halogens is 2. The average Bonchev–Trinajstić information content (AvgIpc) is 2.99. The van der Waals surface area contributed by atoms with E-state index in [1.807, 2.05) is 6.07 Å². The lowest BCUT2D eigenvalue weighted by molar-refractivity contribution is -0.146. The van der Waals surface area contributed by atoms with Crippen LogP contribution in [-0.2, 0) is 4.79 Å². The number of carbonyl (C=O) groups is 2. The van der Waals surface area contributed by atoms with Crippen LogP contribution >= 0.6 is 11.8 Å². The van der Waals surface area contributed by atoms with E-state index in [-0.39, 0.29) is 19.1 Å². The van der Waals surface area contributed by atoms with Crippen molar-refractivity contribution in [2.45, 2.75) is 24.7 Å². The summed E-state index contributed by atoms with van der Waals surface area (Å²) in [4.78, 5) is 27.8. The number of alkyl halides is 2. The van der Waals surface area contributed by atoms with Gasteiger partial charge < -0.3 is 20.2 Å². The van der Waals surface area contributed by atoms with Gasteiger partial charge in [0.1, 0.15) is 0 Å². The van der Waals surface area contributed by atoms with Crippen molar-refractivity contribution >= 4 is 35.1 Å². The number of thioether (sulfide) groups is 1. The molecule has 0 radical (unpaired) electrons. The largest absolute Gasteiger partial charge is 0.481 e. The third kappa shape index (κ3) is 3.87. The van der Waals surface area contributed by atoms with Gasteiger partial charge >= 0.3 is 12.0 Å². The molecule has 0 bridgehead atoms. The molecule has 1 aromatic carbocycles. The van der Waals surface area contributed by atoms with E-state index in [4.69, 9.17) is 0 Å². The second-order valence-corrected chi connectivity index (χ2v) is 7.97. The number of carboxylic acids is 1. The highest BCUT2D eigenvalue weighted by Gasteiger charge is 2.42. The van der Waals surface area contributed by atoms with Crippen LogP contribution in [0.2, 0.25) is 0 Å². The number of aliphatic carboxylic acids is 1. The Hall–Kier alpha value is -2.03. The molecule has 1 unspecified atom stereocenters. The van der Waals surface area contributed by atoms with E-state index in [0.717, 1.165) is 10.6 Å². The summed E-state index contributed by atoms with van der Waals surface area (Å²) >= 11 is 1.60. The summed E-state index contributed by atoms with van der Waals surface area (Å²) in [6.45, 7) is 2.33. The van der Waals surface area contributed by atoms with Gasteiger partial charge in [0.2, 0.25) is 0 Å². The molecule has 0 aromatic heterocycles. The van der Waals surface area contributed by atoms with Crippen molar-refractivity contribution < 1.29 is 23.5 Å². The quantitative estimate of drug-likeness (QED) is 0.833. The smallest absolute Gasteiger partial charge is 0.321 e. The number of amides is 2. The summed E-state index contributed by atoms with van der Waals surface area (Å²) < 4.78 is 25.6. The number of urea groups is 1. The van der Waals surface area contributed by atoms with Crippen LogP contribution in [0, 0.1) is 5.41 Å². The monoisotopic (exact) mass is 385 g/mol. The number of nitrogens with zero attached hydrogens (tertiary/aromatic N) is 2. The number of anilines is 2. The molecule has 1 saturated heterocycles. The Morgan fingerprint density at radius 2 is 2.15 bits per heavy atom. The molecule has 6 nitrogen and oxygen atoms in total. The van der Waals surface area contributed by atoms with Crippen molar-refractivity contribution in [3.63, 3.8) is 0 Å². The number of benzene rings is 1. The topological polar surface area (TPSA) is 72.9 Å².